The molecule has 2 heterocycles. The van der Waals surface area contributed by atoms with Gasteiger partial charge < -0.3 is 0 Å². The summed E-state index contributed by atoms with van der Waals surface area (Å²) in [4.78, 5) is 29.1. The molecule has 9 heteroatoms. The first kappa shape index (κ1) is 17.2. The number of aryl methyl sites for hydroxylation is 1. The minimum atomic E-state index is -0.255. The Labute approximate surface area is 147 Å². The Balaban J connectivity index is 1.76. The number of benzene rings is 1. The number of nitrogens with one attached hydrogen (secondary N) is 1. The molecule has 1 N–H and O–H groups in total. The molecule has 1 aromatic carbocycles. The number of hydrogen-bond donors (Lipinski definition) is 1. The van der Waals surface area contributed by atoms with Gasteiger partial charge in [-0.15, -0.1) is 0 Å². The van der Waals surface area contributed by atoms with E-state index < -0.39 is 0 Å². The van der Waals surface area contributed by atoms with Crippen LogP contribution in [0.5, 0.6) is 0 Å². The van der Waals surface area contributed by atoms with Gasteiger partial charge in [-0.25, -0.2) is 4.98 Å². The van der Waals surface area contributed by atoms with Crippen LogP contribution in [-0.2, 0) is 17.9 Å². The first-order chi connectivity index (χ1) is 12.1. The molecule has 130 valence electrons. The number of anilines is 1. The maximum atomic E-state index is 12.5. The van der Waals surface area contributed by atoms with E-state index in [1.165, 1.54) is 11.8 Å². The van der Waals surface area contributed by atoms with Crippen molar-refractivity contribution in [2.45, 2.75) is 32.1 Å². The fraction of sp³-hybridized carbons (Fsp3) is 0.312. The van der Waals surface area contributed by atoms with E-state index in [1.807, 2.05) is 26.0 Å². The third-order valence-electron chi connectivity index (χ3n) is 3.57. The number of aromatic nitrogens is 4. The number of carbonyl (C=O) groups excluding carboxylic acids is 1. The van der Waals surface area contributed by atoms with Gasteiger partial charge in [-0.1, -0.05) is 28.6 Å². The summed E-state index contributed by atoms with van der Waals surface area (Å²) in [5, 5.41) is 7.46. The van der Waals surface area contributed by atoms with Crippen LogP contribution in [0, 0.1) is 0 Å². The molecule has 0 saturated heterocycles. The molecule has 0 fully saturated rings. The molecule has 0 saturated carbocycles. The van der Waals surface area contributed by atoms with Crippen molar-refractivity contribution in [3.8, 4) is 0 Å². The molecule has 25 heavy (non-hydrogen) atoms. The monoisotopic (exact) mass is 360 g/mol. The molecule has 8 nitrogen and oxygen atoms in total. The number of nitrogens with zero attached hydrogens (tertiary/aromatic N) is 4. The molecule has 0 aliphatic rings. The number of para-hydroxylation sites is 1. The predicted octanol–water partition coefficient (Wildman–Crippen LogP) is 1.44. The Bertz CT molecular complexity index is 966. The summed E-state index contributed by atoms with van der Waals surface area (Å²) in [6.07, 6.45) is 1.61. The highest BCUT2D eigenvalue weighted by molar-refractivity contribution is 7.99. The van der Waals surface area contributed by atoms with Crippen LogP contribution in [0.2, 0.25) is 0 Å². The van der Waals surface area contributed by atoms with Gasteiger partial charge in [-0.3, -0.25) is 24.0 Å². The van der Waals surface area contributed by atoms with Gasteiger partial charge in [0.15, 0.2) is 11.7 Å². The zero-order chi connectivity index (χ0) is 17.8. The molecule has 0 bridgehead atoms. The van der Waals surface area contributed by atoms with Gasteiger partial charge in [0.1, 0.15) is 0 Å². The number of fused-ring (bicyclic) bond motifs is 1. The van der Waals surface area contributed by atoms with Gasteiger partial charge in [-0.05, 0) is 26.0 Å². The van der Waals surface area contributed by atoms with Crippen LogP contribution in [0.4, 0.5) is 5.88 Å². The Hall–Kier alpha value is -2.68. The van der Waals surface area contributed by atoms with E-state index in [1.54, 1.807) is 27.6 Å². The van der Waals surface area contributed by atoms with Crippen LogP contribution < -0.4 is 15.6 Å². The zero-order valence-corrected chi connectivity index (χ0v) is 14.7. The van der Waals surface area contributed by atoms with E-state index >= 15 is 0 Å². The van der Waals surface area contributed by atoms with Crippen molar-refractivity contribution < 1.29 is 14.0 Å². The average Bonchev–Trinajstić information content (AvgIpc) is 3.07. The van der Waals surface area contributed by atoms with Crippen molar-refractivity contribution in [1.82, 2.24) is 14.8 Å². The average molecular weight is 360 g/mol. The molecule has 0 unspecified atom stereocenters. The van der Waals surface area contributed by atoms with Crippen LogP contribution in [-0.4, -0.2) is 26.5 Å². The van der Waals surface area contributed by atoms with E-state index in [0.717, 1.165) is 0 Å². The van der Waals surface area contributed by atoms with Crippen molar-refractivity contribution >= 4 is 34.5 Å². The Morgan fingerprint density at radius 2 is 2.16 bits per heavy atom. The van der Waals surface area contributed by atoms with E-state index in [4.69, 9.17) is 4.52 Å². The normalized spacial score (nSPS) is 11.0. The molecule has 3 rings (SSSR count). The molecule has 1 amide bonds. The van der Waals surface area contributed by atoms with E-state index in [9.17, 15) is 9.59 Å². The molecular formula is C16H18N5O3S+. The van der Waals surface area contributed by atoms with Gasteiger partial charge in [-0.2, -0.15) is 0 Å². The highest BCUT2D eigenvalue weighted by Crippen LogP contribution is 2.18. The molecule has 0 atom stereocenters. The fourth-order valence-corrected chi connectivity index (χ4v) is 3.19. The molecule has 2 aromatic heterocycles. The molecule has 3 aromatic rings. The first-order valence-corrected chi connectivity index (χ1v) is 8.89. The standard InChI is InChI=1S/C16H17N5O3S/c1-3-20-9-14(24-19-20)18-13(22)10-25-16-17-12-8-6-5-7-11(12)15(23)21(16)4-2/h5-9H,3-4,10H2,1-2H3/p+1. The number of amides is 1. The van der Waals surface area contributed by atoms with Crippen molar-refractivity contribution in [2.24, 2.45) is 0 Å². The van der Waals surface area contributed by atoms with Gasteiger partial charge in [0, 0.05) is 6.54 Å². The highest BCUT2D eigenvalue weighted by Gasteiger charge is 2.15. The first-order valence-electron chi connectivity index (χ1n) is 7.91. The number of rotatable bonds is 6. The van der Waals surface area contributed by atoms with Crippen molar-refractivity contribution in [1.29, 1.82) is 0 Å². The van der Waals surface area contributed by atoms with Gasteiger partial charge in [0.25, 0.3) is 11.8 Å². The van der Waals surface area contributed by atoms with Crippen LogP contribution >= 0.6 is 11.8 Å². The summed E-state index contributed by atoms with van der Waals surface area (Å²) in [5.41, 5.74) is 0.523. The molecular weight excluding hydrogens is 342 g/mol. The van der Waals surface area contributed by atoms with Gasteiger partial charge >= 0.3 is 5.88 Å². The summed E-state index contributed by atoms with van der Waals surface area (Å²) < 4.78 is 8.14. The van der Waals surface area contributed by atoms with Crippen molar-refractivity contribution in [2.75, 3.05) is 11.1 Å². The van der Waals surface area contributed by atoms with Crippen LogP contribution in [0.1, 0.15) is 13.8 Å². The largest absolute Gasteiger partial charge is 0.302 e. The number of thioether (sulfide) groups is 1. The maximum Gasteiger partial charge on any atom is 0.302 e. The Morgan fingerprint density at radius 1 is 1.36 bits per heavy atom. The van der Waals surface area contributed by atoms with Crippen molar-refractivity contribution in [3.05, 3.63) is 40.8 Å². The van der Waals surface area contributed by atoms with Gasteiger partial charge in [0.05, 0.1) is 16.7 Å². The van der Waals surface area contributed by atoms with Crippen LogP contribution in [0.15, 0.2) is 44.9 Å². The lowest BCUT2D eigenvalue weighted by Gasteiger charge is -2.10. The van der Waals surface area contributed by atoms with Crippen LogP contribution in [0.25, 0.3) is 10.9 Å². The zero-order valence-electron chi connectivity index (χ0n) is 13.9. The minimum Gasteiger partial charge on any atom is -0.288 e. The summed E-state index contributed by atoms with van der Waals surface area (Å²) >= 11 is 1.21. The summed E-state index contributed by atoms with van der Waals surface area (Å²) in [6.45, 7) is 4.93. The molecule has 0 aliphatic heterocycles. The SMILES string of the molecule is CCn1c(SCC(=O)Nc2c[n+](CC)no2)nc2ccccc2c1=O. The smallest absolute Gasteiger partial charge is 0.288 e. The Morgan fingerprint density at radius 3 is 2.88 bits per heavy atom. The van der Waals surface area contributed by atoms with E-state index in [2.05, 4.69) is 15.6 Å². The Kier molecular flexibility index (Phi) is 5.13. The van der Waals surface area contributed by atoms with Crippen molar-refractivity contribution in [3.63, 3.8) is 0 Å². The minimum absolute atomic E-state index is 0.102. The lowest BCUT2D eigenvalue weighted by atomic mass is 10.2. The lowest BCUT2D eigenvalue weighted by Crippen LogP contribution is -2.32. The maximum absolute atomic E-state index is 12.5. The molecule has 0 radical (unpaired) electrons. The quantitative estimate of drug-likeness (QED) is 0.406. The second kappa shape index (κ2) is 7.47. The molecule has 0 aliphatic carbocycles. The number of hydrogen-bond acceptors (Lipinski definition) is 6. The lowest BCUT2D eigenvalue weighted by molar-refractivity contribution is -0.759. The van der Waals surface area contributed by atoms with E-state index in [-0.39, 0.29) is 23.1 Å². The summed E-state index contributed by atoms with van der Waals surface area (Å²) in [7, 11) is 0. The summed E-state index contributed by atoms with van der Waals surface area (Å²) in [5.74, 6) is 0.138. The predicted molar refractivity (Wildman–Crippen MR) is 93.4 cm³/mol. The third kappa shape index (κ3) is 3.71. The molecule has 0 spiro atoms. The second-order valence-corrected chi connectivity index (χ2v) is 6.16. The third-order valence-corrected chi connectivity index (χ3v) is 4.55. The van der Waals surface area contributed by atoms with Crippen LogP contribution in [0.3, 0.4) is 0 Å². The van der Waals surface area contributed by atoms with E-state index in [0.29, 0.717) is 29.1 Å². The summed E-state index contributed by atoms with van der Waals surface area (Å²) in [6, 6.07) is 7.19. The topological polar surface area (TPSA) is 93.9 Å². The van der Waals surface area contributed by atoms with Gasteiger partial charge in [0.2, 0.25) is 11.2 Å². The fourth-order valence-electron chi connectivity index (χ4n) is 2.32. The number of carbonyl (C=O) groups is 1. The second-order valence-electron chi connectivity index (χ2n) is 5.22. The highest BCUT2D eigenvalue weighted by atomic mass is 32.2.